The molecule has 0 aromatic carbocycles. The molecule has 1 aromatic rings. The Balaban J connectivity index is 1.94. The molecule has 2 heterocycles. The lowest BCUT2D eigenvalue weighted by atomic mass is 10.0. The van der Waals surface area contributed by atoms with Gasteiger partial charge in [0.15, 0.2) is 0 Å². The van der Waals surface area contributed by atoms with Gasteiger partial charge in [-0.3, -0.25) is 4.90 Å². The molecular weight excluding hydrogens is 292 g/mol. The molecule has 1 aromatic heterocycles. The molecule has 5 heteroatoms. The molecule has 1 aliphatic heterocycles. The number of hydrogen-bond acceptors (Lipinski definition) is 3. The lowest BCUT2D eigenvalue weighted by Crippen LogP contribution is -2.36. The van der Waals surface area contributed by atoms with Crippen LogP contribution < -0.4 is 0 Å². The molecule has 1 unspecified atom stereocenters. The Kier molecular flexibility index (Phi) is 5.18. The van der Waals surface area contributed by atoms with Gasteiger partial charge in [0.1, 0.15) is 12.2 Å². The van der Waals surface area contributed by atoms with E-state index in [1.54, 1.807) is 6.33 Å². The van der Waals surface area contributed by atoms with Gasteiger partial charge in [0.2, 0.25) is 0 Å². The van der Waals surface area contributed by atoms with Crippen LogP contribution in [0.2, 0.25) is 0 Å². The Morgan fingerprint density at radius 3 is 3.06 bits per heavy atom. The number of alkyl halides is 1. The Labute approximate surface area is 118 Å². The lowest BCUT2D eigenvalue weighted by molar-refractivity contribution is 0.172. The van der Waals surface area contributed by atoms with Crippen molar-refractivity contribution in [2.45, 2.75) is 39.8 Å². The minimum absolute atomic E-state index is 0.613. The fraction of sp³-hybridized carbons (Fsp3) is 0.846. The van der Waals surface area contributed by atoms with Crippen LogP contribution in [0.3, 0.4) is 0 Å². The number of halogens is 1. The molecule has 102 valence electrons. The van der Waals surface area contributed by atoms with Crippen molar-refractivity contribution >= 4 is 15.9 Å². The van der Waals surface area contributed by atoms with Gasteiger partial charge in [0.05, 0.1) is 6.54 Å². The van der Waals surface area contributed by atoms with E-state index in [2.05, 4.69) is 49.4 Å². The second-order valence-electron chi connectivity index (χ2n) is 5.65. The van der Waals surface area contributed by atoms with Crippen molar-refractivity contribution < 1.29 is 0 Å². The van der Waals surface area contributed by atoms with Crippen LogP contribution >= 0.6 is 15.9 Å². The van der Waals surface area contributed by atoms with E-state index >= 15 is 0 Å². The molecule has 0 bridgehead atoms. The summed E-state index contributed by atoms with van der Waals surface area (Å²) in [7, 11) is 0. The topological polar surface area (TPSA) is 34.0 Å². The van der Waals surface area contributed by atoms with E-state index in [4.69, 9.17) is 0 Å². The van der Waals surface area contributed by atoms with Gasteiger partial charge in [0.25, 0.3) is 0 Å². The molecular formula is C13H23BrN4. The predicted molar refractivity (Wildman–Crippen MR) is 76.7 cm³/mol. The zero-order valence-corrected chi connectivity index (χ0v) is 12.9. The average Bonchev–Trinajstić information content (AvgIpc) is 2.76. The van der Waals surface area contributed by atoms with Crippen LogP contribution in [0.1, 0.15) is 32.5 Å². The zero-order valence-electron chi connectivity index (χ0n) is 11.3. The molecule has 2 rings (SSSR count). The SMILES string of the molecule is CC(C)Cn1ncnc1CN1CCCC(CBr)C1. The largest absolute Gasteiger partial charge is 0.296 e. The maximum absolute atomic E-state index is 4.41. The van der Waals surface area contributed by atoms with Gasteiger partial charge in [0, 0.05) is 18.4 Å². The van der Waals surface area contributed by atoms with Crippen molar-refractivity contribution in [1.82, 2.24) is 19.7 Å². The summed E-state index contributed by atoms with van der Waals surface area (Å²) in [5.41, 5.74) is 0. The third-order valence-electron chi connectivity index (χ3n) is 3.42. The first-order valence-electron chi connectivity index (χ1n) is 6.84. The van der Waals surface area contributed by atoms with Crippen LogP contribution in [0.15, 0.2) is 6.33 Å². The molecule has 0 saturated carbocycles. The van der Waals surface area contributed by atoms with Crippen LogP contribution in [0.4, 0.5) is 0 Å². The molecule has 1 atom stereocenters. The second-order valence-corrected chi connectivity index (χ2v) is 6.30. The molecule has 0 N–H and O–H groups in total. The molecule has 1 fully saturated rings. The average molecular weight is 315 g/mol. The first-order valence-corrected chi connectivity index (χ1v) is 7.96. The summed E-state index contributed by atoms with van der Waals surface area (Å²) in [6, 6.07) is 0. The van der Waals surface area contributed by atoms with Gasteiger partial charge in [-0.15, -0.1) is 0 Å². The van der Waals surface area contributed by atoms with Crippen LogP contribution in [0.5, 0.6) is 0 Å². The summed E-state index contributed by atoms with van der Waals surface area (Å²) >= 11 is 3.60. The van der Waals surface area contributed by atoms with Crippen molar-refractivity contribution in [3.63, 3.8) is 0 Å². The monoisotopic (exact) mass is 314 g/mol. The number of likely N-dealkylation sites (tertiary alicyclic amines) is 1. The fourth-order valence-electron chi connectivity index (χ4n) is 2.53. The summed E-state index contributed by atoms with van der Waals surface area (Å²) in [6.07, 6.45) is 4.33. The van der Waals surface area contributed by atoms with Gasteiger partial charge in [-0.1, -0.05) is 29.8 Å². The van der Waals surface area contributed by atoms with Crippen LogP contribution in [0, 0.1) is 11.8 Å². The van der Waals surface area contributed by atoms with Crippen LogP contribution in [0.25, 0.3) is 0 Å². The third-order valence-corrected chi connectivity index (χ3v) is 4.34. The van der Waals surface area contributed by atoms with E-state index in [1.165, 1.54) is 25.9 Å². The minimum atomic E-state index is 0.613. The fourth-order valence-corrected chi connectivity index (χ4v) is 3.06. The molecule has 1 aliphatic rings. The van der Waals surface area contributed by atoms with Gasteiger partial charge in [-0.2, -0.15) is 5.10 Å². The Bertz CT molecular complexity index is 364. The predicted octanol–water partition coefficient (Wildman–Crippen LogP) is 2.54. The van der Waals surface area contributed by atoms with E-state index in [0.29, 0.717) is 5.92 Å². The Hall–Kier alpha value is -0.420. The van der Waals surface area contributed by atoms with Gasteiger partial charge >= 0.3 is 0 Å². The number of rotatable bonds is 5. The lowest BCUT2D eigenvalue weighted by Gasteiger charge is -2.31. The van der Waals surface area contributed by atoms with Crippen molar-refractivity contribution in [3.8, 4) is 0 Å². The second kappa shape index (κ2) is 6.66. The number of hydrogen-bond donors (Lipinski definition) is 0. The summed E-state index contributed by atoms with van der Waals surface area (Å²) in [5.74, 6) is 2.52. The maximum Gasteiger partial charge on any atom is 0.141 e. The summed E-state index contributed by atoms with van der Waals surface area (Å²) in [4.78, 5) is 6.92. The Morgan fingerprint density at radius 2 is 2.33 bits per heavy atom. The quantitative estimate of drug-likeness (QED) is 0.783. The third kappa shape index (κ3) is 3.79. The van der Waals surface area contributed by atoms with Crippen molar-refractivity contribution in [2.75, 3.05) is 18.4 Å². The molecule has 0 radical (unpaired) electrons. The van der Waals surface area contributed by atoms with Crippen LogP contribution in [-0.4, -0.2) is 38.1 Å². The molecule has 0 spiro atoms. The van der Waals surface area contributed by atoms with E-state index in [1.807, 2.05) is 0 Å². The normalized spacial score (nSPS) is 21.7. The highest BCUT2D eigenvalue weighted by Crippen LogP contribution is 2.19. The summed E-state index contributed by atoms with van der Waals surface area (Å²) < 4.78 is 2.06. The maximum atomic E-state index is 4.41. The smallest absolute Gasteiger partial charge is 0.141 e. The van der Waals surface area contributed by atoms with Crippen molar-refractivity contribution in [2.24, 2.45) is 11.8 Å². The van der Waals surface area contributed by atoms with Gasteiger partial charge < -0.3 is 0 Å². The highest BCUT2D eigenvalue weighted by Gasteiger charge is 2.20. The number of nitrogens with zero attached hydrogens (tertiary/aromatic N) is 4. The van der Waals surface area contributed by atoms with E-state index in [9.17, 15) is 0 Å². The summed E-state index contributed by atoms with van der Waals surface area (Å²) in [6.45, 7) is 8.71. The highest BCUT2D eigenvalue weighted by molar-refractivity contribution is 9.09. The van der Waals surface area contributed by atoms with Gasteiger partial charge in [-0.05, 0) is 31.2 Å². The van der Waals surface area contributed by atoms with Crippen molar-refractivity contribution in [3.05, 3.63) is 12.2 Å². The summed E-state index contributed by atoms with van der Waals surface area (Å²) in [5, 5.41) is 5.44. The van der Waals surface area contributed by atoms with Gasteiger partial charge in [-0.25, -0.2) is 9.67 Å². The number of aromatic nitrogens is 3. The number of piperidine rings is 1. The van der Waals surface area contributed by atoms with E-state index < -0.39 is 0 Å². The first kappa shape index (κ1) is 14.0. The standard InChI is InChI=1S/C13H23BrN4/c1-11(2)7-18-13(15-10-16-18)9-17-5-3-4-12(6-14)8-17/h10-12H,3-9H2,1-2H3. The molecule has 18 heavy (non-hydrogen) atoms. The molecule has 4 nitrogen and oxygen atoms in total. The molecule has 1 saturated heterocycles. The molecule has 0 amide bonds. The van der Waals surface area contributed by atoms with E-state index in [0.717, 1.165) is 30.2 Å². The minimum Gasteiger partial charge on any atom is -0.296 e. The zero-order chi connectivity index (χ0) is 13.0. The van der Waals surface area contributed by atoms with Crippen LogP contribution in [-0.2, 0) is 13.1 Å². The highest BCUT2D eigenvalue weighted by atomic mass is 79.9. The molecule has 0 aliphatic carbocycles. The van der Waals surface area contributed by atoms with Crippen molar-refractivity contribution in [1.29, 1.82) is 0 Å². The first-order chi connectivity index (χ1) is 8.69. The van der Waals surface area contributed by atoms with E-state index in [-0.39, 0.29) is 0 Å². The Morgan fingerprint density at radius 1 is 1.50 bits per heavy atom.